The molecule has 0 aliphatic rings. The van der Waals surface area contributed by atoms with Crippen molar-refractivity contribution < 1.29 is 0 Å². The van der Waals surface area contributed by atoms with Gasteiger partial charge in [-0.05, 0) is 42.1 Å². The van der Waals surface area contributed by atoms with Gasteiger partial charge < -0.3 is 0 Å². The predicted octanol–water partition coefficient (Wildman–Crippen LogP) is 3.50. The van der Waals surface area contributed by atoms with Gasteiger partial charge in [0.1, 0.15) is 0 Å². The van der Waals surface area contributed by atoms with Gasteiger partial charge >= 0.3 is 0 Å². The molecule has 0 heterocycles. The second-order valence-electron chi connectivity index (χ2n) is 2.78. The fourth-order valence-corrected chi connectivity index (χ4v) is 1.38. The smallest absolute Gasteiger partial charge is 0.0408 e. The van der Waals surface area contributed by atoms with E-state index in [0.717, 1.165) is 17.0 Å². The van der Waals surface area contributed by atoms with Crippen molar-refractivity contribution in [1.29, 1.82) is 0 Å². The topological polar surface area (TPSA) is 48.8 Å². The van der Waals surface area contributed by atoms with E-state index in [0.29, 0.717) is 6.54 Å². The van der Waals surface area contributed by atoms with Crippen LogP contribution in [0.25, 0.3) is 10.4 Å². The molecule has 0 spiro atoms. The number of benzene rings is 1. The van der Waals surface area contributed by atoms with E-state index in [4.69, 9.17) is 17.1 Å². The molecule has 0 fully saturated rings. The van der Waals surface area contributed by atoms with Gasteiger partial charge in [0.25, 0.3) is 0 Å². The zero-order chi connectivity index (χ0) is 9.68. The molecule has 0 amide bonds. The highest BCUT2D eigenvalue weighted by Crippen LogP contribution is 2.15. The molecule has 0 saturated heterocycles. The summed E-state index contributed by atoms with van der Waals surface area (Å²) in [5.41, 5.74) is 10.4. The largest absolute Gasteiger partial charge is 0.0936 e. The number of aryl methyl sites for hydroxylation is 1. The average Bonchev–Trinajstić information content (AvgIpc) is 2.09. The third kappa shape index (κ3) is 2.98. The van der Waals surface area contributed by atoms with Crippen molar-refractivity contribution in [3.8, 4) is 0 Å². The second kappa shape index (κ2) is 4.75. The Balaban J connectivity index is 2.71. The first-order chi connectivity index (χ1) is 6.24. The molecule has 1 aromatic carbocycles. The molecule has 68 valence electrons. The summed E-state index contributed by atoms with van der Waals surface area (Å²) in [5.74, 6) is 0. The van der Waals surface area contributed by atoms with Crippen LogP contribution in [0.3, 0.4) is 0 Å². The Bertz CT molecular complexity index is 343. The molecule has 0 unspecified atom stereocenters. The van der Waals surface area contributed by atoms with Crippen molar-refractivity contribution in [3.05, 3.63) is 44.8 Å². The third-order valence-corrected chi connectivity index (χ3v) is 2.08. The minimum Gasteiger partial charge on any atom is -0.0936 e. The van der Waals surface area contributed by atoms with Gasteiger partial charge in [0.15, 0.2) is 0 Å². The number of azide groups is 1. The Hall–Kier alpha value is -1.18. The van der Waals surface area contributed by atoms with E-state index in [9.17, 15) is 0 Å². The van der Waals surface area contributed by atoms with E-state index in [2.05, 4.69) is 10.0 Å². The quantitative estimate of drug-likeness (QED) is 0.403. The lowest BCUT2D eigenvalue weighted by atomic mass is 10.1. The molecule has 0 N–H and O–H groups in total. The minimum atomic E-state index is 0.499. The Morgan fingerprint density at radius 2 is 2.31 bits per heavy atom. The zero-order valence-corrected chi connectivity index (χ0v) is 8.12. The first-order valence-corrected chi connectivity index (χ1v) is 4.37. The molecule has 3 nitrogen and oxygen atoms in total. The molecular formula is C9H10ClN3. The lowest BCUT2D eigenvalue weighted by Crippen LogP contribution is -1.91. The highest BCUT2D eigenvalue weighted by molar-refractivity contribution is 6.30. The average molecular weight is 196 g/mol. The number of rotatable bonds is 3. The normalized spacial score (nSPS) is 9.38. The molecule has 1 aromatic rings. The van der Waals surface area contributed by atoms with Crippen LogP contribution in [-0.4, -0.2) is 6.54 Å². The fourth-order valence-electron chi connectivity index (χ4n) is 1.15. The summed E-state index contributed by atoms with van der Waals surface area (Å²) < 4.78 is 0. The molecule has 0 aliphatic carbocycles. The molecule has 0 atom stereocenters. The van der Waals surface area contributed by atoms with Gasteiger partial charge in [0, 0.05) is 16.5 Å². The number of hydrogen-bond donors (Lipinski definition) is 0. The third-order valence-electron chi connectivity index (χ3n) is 1.85. The van der Waals surface area contributed by atoms with Crippen LogP contribution in [0.1, 0.15) is 11.1 Å². The van der Waals surface area contributed by atoms with Crippen molar-refractivity contribution in [3.63, 3.8) is 0 Å². The molecule has 1 rings (SSSR count). The van der Waals surface area contributed by atoms with E-state index in [-0.39, 0.29) is 0 Å². The predicted molar refractivity (Wildman–Crippen MR) is 53.9 cm³/mol. The molecule has 13 heavy (non-hydrogen) atoms. The van der Waals surface area contributed by atoms with E-state index >= 15 is 0 Å². The Morgan fingerprint density at radius 3 is 2.92 bits per heavy atom. The summed E-state index contributed by atoms with van der Waals surface area (Å²) in [6.07, 6.45) is 0.771. The molecule has 0 aliphatic heterocycles. The highest BCUT2D eigenvalue weighted by Gasteiger charge is 1.97. The standard InChI is InChI=1S/C9H10ClN3/c1-7-6-9(10)3-2-8(7)4-5-12-13-11/h2-3,6H,4-5H2,1H3. The monoisotopic (exact) mass is 195 g/mol. The van der Waals surface area contributed by atoms with Gasteiger partial charge in [0.2, 0.25) is 0 Å². The van der Waals surface area contributed by atoms with Gasteiger partial charge in [0.05, 0.1) is 0 Å². The maximum Gasteiger partial charge on any atom is 0.0408 e. The van der Waals surface area contributed by atoms with E-state index in [1.165, 1.54) is 5.56 Å². The zero-order valence-electron chi connectivity index (χ0n) is 7.37. The lowest BCUT2D eigenvalue weighted by molar-refractivity contribution is 0.946. The van der Waals surface area contributed by atoms with Crippen molar-refractivity contribution in [2.75, 3.05) is 6.54 Å². The number of hydrogen-bond acceptors (Lipinski definition) is 1. The van der Waals surface area contributed by atoms with Crippen LogP contribution in [0.5, 0.6) is 0 Å². The summed E-state index contributed by atoms with van der Waals surface area (Å²) in [7, 11) is 0. The van der Waals surface area contributed by atoms with E-state index in [1.54, 1.807) is 0 Å². The van der Waals surface area contributed by atoms with Crippen LogP contribution in [0.2, 0.25) is 5.02 Å². The van der Waals surface area contributed by atoms with Crippen molar-refractivity contribution in [1.82, 2.24) is 0 Å². The maximum atomic E-state index is 8.09. The fraction of sp³-hybridized carbons (Fsp3) is 0.333. The summed E-state index contributed by atoms with van der Waals surface area (Å²) >= 11 is 5.80. The molecule has 0 saturated carbocycles. The van der Waals surface area contributed by atoms with E-state index in [1.807, 2.05) is 25.1 Å². The Morgan fingerprint density at radius 1 is 1.54 bits per heavy atom. The summed E-state index contributed by atoms with van der Waals surface area (Å²) in [5, 5.41) is 4.22. The number of halogens is 1. The second-order valence-corrected chi connectivity index (χ2v) is 3.21. The molecular weight excluding hydrogens is 186 g/mol. The summed E-state index contributed by atoms with van der Waals surface area (Å²) in [6, 6.07) is 5.72. The van der Waals surface area contributed by atoms with Gasteiger partial charge in [-0.25, -0.2) is 0 Å². The minimum absolute atomic E-state index is 0.499. The van der Waals surface area contributed by atoms with Gasteiger partial charge in [-0.3, -0.25) is 0 Å². The van der Waals surface area contributed by atoms with Crippen LogP contribution in [0, 0.1) is 6.92 Å². The van der Waals surface area contributed by atoms with Crippen LogP contribution >= 0.6 is 11.6 Å². The van der Waals surface area contributed by atoms with Crippen LogP contribution in [0.15, 0.2) is 23.3 Å². The molecule has 4 heteroatoms. The van der Waals surface area contributed by atoms with Crippen molar-refractivity contribution in [2.45, 2.75) is 13.3 Å². The van der Waals surface area contributed by atoms with Crippen molar-refractivity contribution in [2.24, 2.45) is 5.11 Å². The first kappa shape index (κ1) is 9.90. The van der Waals surface area contributed by atoms with Crippen LogP contribution < -0.4 is 0 Å². The highest BCUT2D eigenvalue weighted by atomic mass is 35.5. The van der Waals surface area contributed by atoms with Gasteiger partial charge in [-0.1, -0.05) is 22.8 Å². The van der Waals surface area contributed by atoms with Gasteiger partial charge in [-0.2, -0.15) is 0 Å². The Kier molecular flexibility index (Phi) is 3.62. The summed E-state index contributed by atoms with van der Waals surface area (Å²) in [6.45, 7) is 2.50. The molecule has 0 bridgehead atoms. The molecule has 0 radical (unpaired) electrons. The lowest BCUT2D eigenvalue weighted by Gasteiger charge is -2.03. The van der Waals surface area contributed by atoms with Crippen LogP contribution in [-0.2, 0) is 6.42 Å². The van der Waals surface area contributed by atoms with Crippen molar-refractivity contribution >= 4 is 11.6 Å². The maximum absolute atomic E-state index is 8.09. The van der Waals surface area contributed by atoms with Crippen LogP contribution in [0.4, 0.5) is 0 Å². The number of nitrogens with zero attached hydrogens (tertiary/aromatic N) is 3. The van der Waals surface area contributed by atoms with E-state index < -0.39 is 0 Å². The first-order valence-electron chi connectivity index (χ1n) is 4.00. The molecule has 0 aromatic heterocycles. The SMILES string of the molecule is Cc1cc(Cl)ccc1CCN=[N+]=[N-]. The Labute approximate surface area is 82.0 Å². The summed E-state index contributed by atoms with van der Waals surface area (Å²) in [4.78, 5) is 2.70. The van der Waals surface area contributed by atoms with Gasteiger partial charge in [-0.15, -0.1) is 0 Å².